The van der Waals surface area contributed by atoms with E-state index in [1.54, 1.807) is 18.2 Å². The molecule has 2 aromatic rings. The number of hydrogen-bond acceptors (Lipinski definition) is 2. The van der Waals surface area contributed by atoms with Gasteiger partial charge >= 0.3 is 0 Å². The molecule has 2 N–H and O–H groups in total. The van der Waals surface area contributed by atoms with Crippen LogP contribution < -0.4 is 10.6 Å². The van der Waals surface area contributed by atoms with Crippen LogP contribution in [0.15, 0.2) is 54.6 Å². The van der Waals surface area contributed by atoms with Gasteiger partial charge in [0.05, 0.1) is 5.69 Å². The van der Waals surface area contributed by atoms with Crippen LogP contribution in [0, 0.1) is 12.7 Å². The summed E-state index contributed by atoms with van der Waals surface area (Å²) in [5, 5.41) is 5.15. The second-order valence-electron chi connectivity index (χ2n) is 4.67. The number of hydrogen-bond donors (Lipinski definition) is 2. The smallest absolute Gasteiger partial charge is 0.250 e. The number of halogens is 1. The van der Waals surface area contributed by atoms with Crippen LogP contribution in [0.1, 0.15) is 11.1 Å². The summed E-state index contributed by atoms with van der Waals surface area (Å²) in [4.78, 5) is 11.7. The Labute approximate surface area is 133 Å². The highest BCUT2D eigenvalue weighted by molar-refractivity contribution is 7.80. The Morgan fingerprint density at radius 1 is 1.14 bits per heavy atom. The molecule has 5 heteroatoms. The summed E-state index contributed by atoms with van der Waals surface area (Å²) in [5.74, 6) is -0.816. The zero-order valence-electron chi connectivity index (χ0n) is 12.0. The Balaban J connectivity index is 1.90. The number of aryl methyl sites for hydroxylation is 1. The number of nitrogens with one attached hydrogen (secondary N) is 2. The van der Waals surface area contributed by atoms with Crippen molar-refractivity contribution in [1.82, 2.24) is 5.32 Å². The Hall–Kier alpha value is -2.53. The van der Waals surface area contributed by atoms with Gasteiger partial charge in [0, 0.05) is 6.08 Å². The molecule has 0 unspecified atom stereocenters. The molecule has 0 bridgehead atoms. The molecule has 2 rings (SSSR count). The fraction of sp³-hybridized carbons (Fsp3) is 0.0588. The van der Waals surface area contributed by atoms with E-state index in [0.29, 0.717) is 0 Å². The molecule has 0 saturated heterocycles. The molecular formula is C17H15FN2OS. The highest BCUT2D eigenvalue weighted by Gasteiger charge is 2.04. The number of para-hydroxylation sites is 1. The van der Waals surface area contributed by atoms with Crippen molar-refractivity contribution in [2.24, 2.45) is 0 Å². The summed E-state index contributed by atoms with van der Waals surface area (Å²) < 4.78 is 13.4. The lowest BCUT2D eigenvalue weighted by atomic mass is 10.1. The van der Waals surface area contributed by atoms with Gasteiger partial charge in [-0.2, -0.15) is 0 Å². The van der Waals surface area contributed by atoms with Gasteiger partial charge in [0.1, 0.15) is 5.82 Å². The third-order valence-electron chi connectivity index (χ3n) is 2.86. The summed E-state index contributed by atoms with van der Waals surface area (Å²) in [5.41, 5.74) is 2.28. The van der Waals surface area contributed by atoms with Gasteiger partial charge in [0.2, 0.25) is 5.91 Å². The standard InChI is InChI=1S/C17H15FN2OS/c1-12-6-8-13(9-7-12)10-11-16(21)20-17(22)19-15-5-3-2-4-14(15)18/h2-11H,1H3,(H2,19,20,21,22). The van der Waals surface area contributed by atoms with E-state index in [9.17, 15) is 9.18 Å². The number of anilines is 1. The molecule has 2 aromatic carbocycles. The Kier molecular flexibility index (Phi) is 5.38. The van der Waals surface area contributed by atoms with Crippen LogP contribution in [0.3, 0.4) is 0 Å². The first-order valence-electron chi connectivity index (χ1n) is 6.66. The Morgan fingerprint density at radius 2 is 1.82 bits per heavy atom. The van der Waals surface area contributed by atoms with E-state index in [1.165, 1.54) is 18.2 Å². The first kappa shape index (κ1) is 15.9. The van der Waals surface area contributed by atoms with Crippen molar-refractivity contribution < 1.29 is 9.18 Å². The van der Waals surface area contributed by atoms with Gasteiger partial charge in [-0.1, -0.05) is 42.0 Å². The number of carbonyl (C=O) groups excluding carboxylic acids is 1. The summed E-state index contributed by atoms with van der Waals surface area (Å²) in [6.07, 6.45) is 3.06. The number of amides is 1. The van der Waals surface area contributed by atoms with Crippen molar-refractivity contribution in [3.05, 3.63) is 71.6 Å². The monoisotopic (exact) mass is 314 g/mol. The van der Waals surface area contributed by atoms with Crippen molar-refractivity contribution in [3.63, 3.8) is 0 Å². The summed E-state index contributed by atoms with van der Waals surface area (Å²) >= 11 is 4.98. The third-order valence-corrected chi connectivity index (χ3v) is 3.07. The average molecular weight is 314 g/mol. The fourth-order valence-electron chi connectivity index (χ4n) is 1.72. The van der Waals surface area contributed by atoms with Crippen LogP contribution in [0.2, 0.25) is 0 Å². The normalized spacial score (nSPS) is 10.5. The Bertz CT molecular complexity index is 711. The minimum Gasteiger partial charge on any atom is -0.330 e. The molecule has 0 aliphatic rings. The van der Waals surface area contributed by atoms with Gasteiger partial charge in [0.25, 0.3) is 0 Å². The van der Waals surface area contributed by atoms with Crippen molar-refractivity contribution in [2.45, 2.75) is 6.92 Å². The van der Waals surface area contributed by atoms with E-state index < -0.39 is 5.82 Å². The largest absolute Gasteiger partial charge is 0.330 e. The minimum absolute atomic E-state index is 0.0451. The molecule has 0 atom stereocenters. The van der Waals surface area contributed by atoms with Crippen molar-refractivity contribution in [2.75, 3.05) is 5.32 Å². The number of rotatable bonds is 3. The van der Waals surface area contributed by atoms with Crippen LogP contribution in [-0.2, 0) is 4.79 Å². The molecule has 0 radical (unpaired) electrons. The summed E-state index contributed by atoms with van der Waals surface area (Å²) in [7, 11) is 0. The molecule has 0 saturated carbocycles. The molecule has 112 valence electrons. The van der Waals surface area contributed by atoms with Crippen LogP contribution >= 0.6 is 12.2 Å². The minimum atomic E-state index is -0.436. The van der Waals surface area contributed by atoms with E-state index in [1.807, 2.05) is 31.2 Å². The van der Waals surface area contributed by atoms with Crippen molar-refractivity contribution in [3.8, 4) is 0 Å². The quantitative estimate of drug-likeness (QED) is 0.671. The lowest BCUT2D eigenvalue weighted by Crippen LogP contribution is -2.33. The van der Waals surface area contributed by atoms with Crippen LogP contribution in [0.5, 0.6) is 0 Å². The molecule has 22 heavy (non-hydrogen) atoms. The van der Waals surface area contributed by atoms with Crippen molar-refractivity contribution in [1.29, 1.82) is 0 Å². The predicted molar refractivity (Wildman–Crippen MR) is 91.0 cm³/mol. The van der Waals surface area contributed by atoms with Crippen LogP contribution in [0.25, 0.3) is 6.08 Å². The van der Waals surface area contributed by atoms with Gasteiger partial charge in [-0.3, -0.25) is 10.1 Å². The highest BCUT2D eigenvalue weighted by atomic mass is 32.1. The van der Waals surface area contributed by atoms with Crippen LogP contribution in [-0.4, -0.2) is 11.0 Å². The lowest BCUT2D eigenvalue weighted by Gasteiger charge is -2.08. The van der Waals surface area contributed by atoms with E-state index in [4.69, 9.17) is 12.2 Å². The summed E-state index contributed by atoms with van der Waals surface area (Å²) in [6.45, 7) is 1.99. The molecular weight excluding hydrogens is 299 g/mol. The molecule has 0 aromatic heterocycles. The highest BCUT2D eigenvalue weighted by Crippen LogP contribution is 2.11. The second kappa shape index (κ2) is 7.47. The lowest BCUT2D eigenvalue weighted by molar-refractivity contribution is -0.115. The molecule has 0 heterocycles. The SMILES string of the molecule is Cc1ccc(C=CC(=O)NC(=S)Nc2ccccc2F)cc1. The second-order valence-corrected chi connectivity index (χ2v) is 5.08. The number of carbonyl (C=O) groups is 1. The number of thiocarbonyl (C=S) groups is 1. The van der Waals surface area contributed by atoms with Crippen LogP contribution in [0.4, 0.5) is 10.1 Å². The predicted octanol–water partition coefficient (Wildman–Crippen LogP) is 3.66. The molecule has 0 spiro atoms. The molecule has 0 aliphatic heterocycles. The van der Waals surface area contributed by atoms with Gasteiger partial charge in [-0.15, -0.1) is 0 Å². The molecule has 3 nitrogen and oxygen atoms in total. The first-order valence-corrected chi connectivity index (χ1v) is 7.06. The van der Waals surface area contributed by atoms with E-state index in [-0.39, 0.29) is 16.7 Å². The maximum atomic E-state index is 13.4. The average Bonchev–Trinajstić information content (AvgIpc) is 2.49. The third kappa shape index (κ3) is 4.79. The Morgan fingerprint density at radius 3 is 2.50 bits per heavy atom. The van der Waals surface area contributed by atoms with Gasteiger partial charge in [0.15, 0.2) is 5.11 Å². The van der Waals surface area contributed by atoms with Crippen molar-refractivity contribution >= 4 is 35.0 Å². The maximum absolute atomic E-state index is 13.4. The zero-order chi connectivity index (χ0) is 15.9. The topological polar surface area (TPSA) is 41.1 Å². The van der Waals surface area contributed by atoms with Gasteiger partial charge < -0.3 is 5.32 Å². The van der Waals surface area contributed by atoms with E-state index in [2.05, 4.69) is 10.6 Å². The fourth-order valence-corrected chi connectivity index (χ4v) is 1.93. The summed E-state index contributed by atoms with van der Waals surface area (Å²) in [6, 6.07) is 13.8. The molecule has 0 aliphatic carbocycles. The molecule has 1 amide bonds. The number of benzene rings is 2. The molecule has 0 fully saturated rings. The zero-order valence-corrected chi connectivity index (χ0v) is 12.8. The van der Waals surface area contributed by atoms with E-state index in [0.717, 1.165) is 11.1 Å². The van der Waals surface area contributed by atoms with Gasteiger partial charge in [-0.05, 0) is 42.9 Å². The maximum Gasteiger partial charge on any atom is 0.250 e. The first-order chi connectivity index (χ1) is 10.5. The van der Waals surface area contributed by atoms with E-state index >= 15 is 0 Å². The van der Waals surface area contributed by atoms with Gasteiger partial charge in [-0.25, -0.2) is 4.39 Å².